The number of nitrogens with one attached hydrogen (secondary N) is 1. The largest absolute Gasteiger partial charge is 0.383 e. The van der Waals surface area contributed by atoms with Crippen molar-refractivity contribution in [2.24, 2.45) is 0 Å². The van der Waals surface area contributed by atoms with Crippen molar-refractivity contribution < 1.29 is 4.74 Å². The van der Waals surface area contributed by atoms with Crippen LogP contribution in [0.4, 0.5) is 5.82 Å². The summed E-state index contributed by atoms with van der Waals surface area (Å²) in [6.45, 7) is 3.78. The number of hydrogen-bond donors (Lipinski definition) is 2. The van der Waals surface area contributed by atoms with Gasteiger partial charge in [-0.25, -0.2) is 4.98 Å². The molecule has 1 aromatic carbocycles. The van der Waals surface area contributed by atoms with Gasteiger partial charge in [0, 0.05) is 17.8 Å². The normalized spacial score (nSPS) is 10.7. The number of pyridine rings is 1. The second-order valence-corrected chi connectivity index (χ2v) is 4.80. The monoisotopic (exact) mass is 271 g/mol. The van der Waals surface area contributed by atoms with Crippen LogP contribution in [0, 0.1) is 6.92 Å². The number of ether oxygens (including phenoxy) is 1. The molecule has 0 amide bonds. The van der Waals surface area contributed by atoms with Crippen LogP contribution >= 0.6 is 0 Å². The van der Waals surface area contributed by atoms with Crippen LogP contribution in [0.25, 0.3) is 0 Å². The van der Waals surface area contributed by atoms with E-state index in [1.54, 1.807) is 0 Å². The van der Waals surface area contributed by atoms with Crippen molar-refractivity contribution in [2.45, 2.75) is 26.7 Å². The summed E-state index contributed by atoms with van der Waals surface area (Å²) in [6.07, 6.45) is 0. The van der Waals surface area contributed by atoms with Gasteiger partial charge in [-0.1, -0.05) is 30.3 Å². The first-order valence-electron chi connectivity index (χ1n) is 6.72. The Morgan fingerprint density at radius 2 is 1.95 bits per heavy atom. The van der Waals surface area contributed by atoms with E-state index >= 15 is 0 Å². The molecule has 0 aliphatic carbocycles. The van der Waals surface area contributed by atoms with E-state index in [1.165, 1.54) is 5.56 Å². The Morgan fingerprint density at radius 3 is 2.65 bits per heavy atom. The predicted molar refractivity (Wildman–Crippen MR) is 81.1 cm³/mol. The summed E-state index contributed by atoms with van der Waals surface area (Å²) in [5.41, 5.74) is 10.2. The molecule has 0 saturated carbocycles. The average molecular weight is 271 g/mol. The third kappa shape index (κ3) is 3.79. The smallest absolute Gasteiger partial charge is 0.128 e. The summed E-state index contributed by atoms with van der Waals surface area (Å²) in [7, 11) is 1.90. The van der Waals surface area contributed by atoms with Gasteiger partial charge < -0.3 is 15.8 Å². The molecule has 1 heterocycles. The topological polar surface area (TPSA) is 60.2 Å². The molecular formula is C16H21N3O. The van der Waals surface area contributed by atoms with Crippen LogP contribution < -0.4 is 11.1 Å². The van der Waals surface area contributed by atoms with Crippen LogP contribution in [0.15, 0.2) is 36.4 Å². The number of nitrogens with two attached hydrogens (primary N) is 1. The van der Waals surface area contributed by atoms with E-state index in [0.29, 0.717) is 25.6 Å². The van der Waals surface area contributed by atoms with Crippen molar-refractivity contribution in [3.63, 3.8) is 0 Å². The number of benzene rings is 1. The molecule has 0 bridgehead atoms. The fourth-order valence-corrected chi connectivity index (χ4v) is 2.16. The molecule has 2 aromatic rings. The van der Waals surface area contributed by atoms with Crippen LogP contribution in [0.2, 0.25) is 0 Å². The Bertz CT molecular complexity index is 555. The molecular weight excluding hydrogens is 250 g/mol. The molecule has 3 N–H and O–H groups in total. The Balaban J connectivity index is 2.05. The summed E-state index contributed by atoms with van der Waals surface area (Å²) in [6, 6.07) is 12.2. The van der Waals surface area contributed by atoms with Gasteiger partial charge in [0.25, 0.3) is 0 Å². The van der Waals surface area contributed by atoms with Crippen LogP contribution in [0.1, 0.15) is 22.4 Å². The molecule has 0 radical (unpaired) electrons. The summed E-state index contributed by atoms with van der Waals surface area (Å²) in [4.78, 5) is 4.30. The molecule has 4 nitrogen and oxygen atoms in total. The van der Waals surface area contributed by atoms with E-state index < -0.39 is 0 Å². The average Bonchev–Trinajstić information content (AvgIpc) is 2.43. The van der Waals surface area contributed by atoms with Gasteiger partial charge in [-0.15, -0.1) is 0 Å². The van der Waals surface area contributed by atoms with Gasteiger partial charge in [-0.05, 0) is 31.2 Å². The fraction of sp³-hybridized carbons (Fsp3) is 0.312. The highest BCUT2D eigenvalue weighted by Crippen LogP contribution is 2.18. The molecule has 0 unspecified atom stereocenters. The second-order valence-electron chi connectivity index (χ2n) is 4.80. The highest BCUT2D eigenvalue weighted by atomic mass is 16.5. The van der Waals surface area contributed by atoms with Crippen LogP contribution in [-0.4, -0.2) is 12.0 Å². The third-order valence-corrected chi connectivity index (χ3v) is 3.10. The number of hydrogen-bond acceptors (Lipinski definition) is 4. The van der Waals surface area contributed by atoms with E-state index in [9.17, 15) is 0 Å². The molecule has 20 heavy (non-hydrogen) atoms. The van der Waals surface area contributed by atoms with Gasteiger partial charge in [0.15, 0.2) is 0 Å². The van der Waals surface area contributed by atoms with Crippen LogP contribution in [0.5, 0.6) is 0 Å². The molecule has 0 atom stereocenters. The molecule has 0 spiro atoms. The molecule has 0 saturated heterocycles. The first-order chi connectivity index (χ1) is 9.70. The molecule has 106 valence electrons. The molecule has 0 aliphatic rings. The lowest BCUT2D eigenvalue weighted by Gasteiger charge is -2.13. The second kappa shape index (κ2) is 7.03. The molecule has 4 heteroatoms. The quantitative estimate of drug-likeness (QED) is 0.847. The predicted octanol–water partition coefficient (Wildman–Crippen LogP) is 2.41. The minimum atomic E-state index is 0.541. The van der Waals surface area contributed by atoms with E-state index in [1.807, 2.05) is 38.2 Å². The van der Waals surface area contributed by atoms with Crippen molar-refractivity contribution in [3.05, 3.63) is 58.8 Å². The van der Waals surface area contributed by atoms with Gasteiger partial charge in [0.1, 0.15) is 5.82 Å². The Hall–Kier alpha value is -1.91. The maximum Gasteiger partial charge on any atom is 0.128 e. The lowest BCUT2D eigenvalue weighted by molar-refractivity contribution is 0.106. The van der Waals surface area contributed by atoms with Crippen molar-refractivity contribution in [2.75, 3.05) is 12.8 Å². The minimum absolute atomic E-state index is 0.541. The number of aromatic nitrogens is 1. The van der Waals surface area contributed by atoms with Gasteiger partial charge >= 0.3 is 0 Å². The maximum atomic E-state index is 5.98. The van der Waals surface area contributed by atoms with Gasteiger partial charge in [-0.3, -0.25) is 0 Å². The zero-order chi connectivity index (χ0) is 14.4. The first kappa shape index (κ1) is 14.5. The van der Waals surface area contributed by atoms with Crippen molar-refractivity contribution in [1.82, 2.24) is 10.3 Å². The highest BCUT2D eigenvalue weighted by molar-refractivity contribution is 5.45. The number of anilines is 1. The summed E-state index contributed by atoms with van der Waals surface area (Å²) < 4.78 is 5.79. The number of nitrogens with zero attached hydrogens (tertiary/aromatic N) is 1. The fourth-order valence-electron chi connectivity index (χ4n) is 2.16. The molecule has 2 rings (SSSR count). The van der Waals surface area contributed by atoms with Gasteiger partial charge in [0.05, 0.1) is 13.2 Å². The van der Waals surface area contributed by atoms with E-state index in [-0.39, 0.29) is 0 Å². The van der Waals surface area contributed by atoms with E-state index in [2.05, 4.69) is 22.4 Å². The van der Waals surface area contributed by atoms with E-state index in [4.69, 9.17) is 10.5 Å². The lowest BCUT2D eigenvalue weighted by atomic mass is 10.1. The third-order valence-electron chi connectivity index (χ3n) is 3.10. The Morgan fingerprint density at radius 1 is 1.20 bits per heavy atom. The summed E-state index contributed by atoms with van der Waals surface area (Å²) in [5, 5.41) is 3.12. The van der Waals surface area contributed by atoms with Gasteiger partial charge in [0.2, 0.25) is 0 Å². The molecule has 0 fully saturated rings. The zero-order valence-corrected chi connectivity index (χ0v) is 12.0. The highest BCUT2D eigenvalue weighted by Gasteiger charge is 2.08. The maximum absolute atomic E-state index is 5.98. The van der Waals surface area contributed by atoms with Crippen LogP contribution in [0.3, 0.4) is 0 Å². The molecule has 0 aliphatic heterocycles. The van der Waals surface area contributed by atoms with Crippen molar-refractivity contribution in [3.8, 4) is 0 Å². The van der Waals surface area contributed by atoms with Crippen molar-refractivity contribution >= 4 is 5.82 Å². The van der Waals surface area contributed by atoms with Crippen LogP contribution in [-0.2, 0) is 24.5 Å². The SMILES string of the molecule is CNCc1c(COCc2ccccc2)cc(C)nc1N. The van der Waals surface area contributed by atoms with Gasteiger partial charge in [-0.2, -0.15) is 0 Å². The summed E-state index contributed by atoms with van der Waals surface area (Å²) in [5.74, 6) is 0.581. The Kier molecular flexibility index (Phi) is 5.09. The minimum Gasteiger partial charge on any atom is -0.383 e. The number of nitrogen functional groups attached to an aromatic ring is 1. The first-order valence-corrected chi connectivity index (χ1v) is 6.72. The van der Waals surface area contributed by atoms with Crippen molar-refractivity contribution in [1.29, 1.82) is 0 Å². The Labute approximate surface area is 120 Å². The standard InChI is InChI=1S/C16H21N3O/c1-12-8-14(15(9-18-2)16(17)19-12)11-20-10-13-6-4-3-5-7-13/h3-8,18H,9-11H2,1-2H3,(H2,17,19). The summed E-state index contributed by atoms with van der Waals surface area (Å²) >= 11 is 0. The number of aryl methyl sites for hydroxylation is 1. The lowest BCUT2D eigenvalue weighted by Crippen LogP contribution is -2.13. The van der Waals surface area contributed by atoms with E-state index in [0.717, 1.165) is 16.8 Å². The number of rotatable bonds is 6. The zero-order valence-electron chi connectivity index (χ0n) is 12.0. The molecule has 1 aromatic heterocycles.